The minimum atomic E-state index is -2.47. The molecule has 0 spiro atoms. The van der Waals surface area contributed by atoms with E-state index in [1.54, 1.807) is 0 Å². The molecule has 0 saturated carbocycles. The molecule has 0 bridgehead atoms. The van der Waals surface area contributed by atoms with Gasteiger partial charge in [-0.05, 0) is 24.7 Å². The standard InChI is InChI=1S/C16H35O2PS2.Mo/c1-5-9-11-15(7-3)13-17-19(20,21)18-14-16(8-4)12-10-6-2;/h15-16H,5-14H2,1-4H3,(H,20,21);/q;+1/p-1. The van der Waals surface area contributed by atoms with Crippen LogP contribution in [0.5, 0.6) is 0 Å². The molecule has 6 heteroatoms. The van der Waals surface area contributed by atoms with Gasteiger partial charge in [-0.3, -0.25) is 0 Å². The summed E-state index contributed by atoms with van der Waals surface area (Å²) >= 11 is 10.8. The largest absolute Gasteiger partial charge is 1.00 e. The van der Waals surface area contributed by atoms with Crippen LogP contribution in [0.15, 0.2) is 0 Å². The van der Waals surface area contributed by atoms with Crippen LogP contribution in [0, 0.1) is 11.8 Å². The minimum Gasteiger partial charge on any atom is -0.691 e. The van der Waals surface area contributed by atoms with Gasteiger partial charge in [-0.15, -0.1) is 0 Å². The molecular weight excluding hydrogens is 415 g/mol. The van der Waals surface area contributed by atoms with Crippen LogP contribution >= 0.6 is 5.69 Å². The van der Waals surface area contributed by atoms with Gasteiger partial charge in [0.05, 0.1) is 18.9 Å². The number of hydrogen-bond acceptors (Lipinski definition) is 4. The fourth-order valence-corrected chi connectivity index (χ4v) is 3.82. The quantitative estimate of drug-likeness (QED) is 0.178. The van der Waals surface area contributed by atoms with Crippen LogP contribution in [-0.4, -0.2) is 13.2 Å². The molecule has 1 radical (unpaired) electrons. The van der Waals surface area contributed by atoms with Crippen LogP contribution in [0.3, 0.4) is 0 Å². The Balaban J connectivity index is 0. The number of unbranched alkanes of at least 4 members (excludes halogenated alkanes) is 2. The average molecular weight is 449 g/mol. The zero-order valence-corrected chi connectivity index (χ0v) is 19.2. The van der Waals surface area contributed by atoms with E-state index in [-0.39, 0.29) is 21.1 Å². The predicted molar refractivity (Wildman–Crippen MR) is 100 cm³/mol. The van der Waals surface area contributed by atoms with Crippen molar-refractivity contribution in [2.24, 2.45) is 11.8 Å². The molecule has 2 atom stereocenters. The van der Waals surface area contributed by atoms with E-state index in [9.17, 15) is 0 Å². The summed E-state index contributed by atoms with van der Waals surface area (Å²) in [6, 6.07) is 0. The van der Waals surface area contributed by atoms with Crippen molar-refractivity contribution in [3.8, 4) is 0 Å². The van der Waals surface area contributed by atoms with E-state index in [0.29, 0.717) is 25.0 Å². The Morgan fingerprint density at radius 1 is 0.864 bits per heavy atom. The Morgan fingerprint density at radius 3 is 1.50 bits per heavy atom. The first-order valence-corrected chi connectivity index (χ1v) is 12.2. The van der Waals surface area contributed by atoms with Gasteiger partial charge in [-0.1, -0.05) is 78.0 Å². The van der Waals surface area contributed by atoms with Crippen LogP contribution in [0.2, 0.25) is 0 Å². The Morgan fingerprint density at radius 2 is 1.23 bits per heavy atom. The molecule has 0 N–H and O–H groups in total. The van der Waals surface area contributed by atoms with Crippen molar-refractivity contribution in [3.63, 3.8) is 0 Å². The van der Waals surface area contributed by atoms with E-state index >= 15 is 0 Å². The van der Waals surface area contributed by atoms with Crippen molar-refractivity contribution in [3.05, 3.63) is 0 Å². The second-order valence-electron chi connectivity index (χ2n) is 5.87. The number of hydrogen-bond donors (Lipinski definition) is 0. The molecule has 0 aliphatic heterocycles. The molecule has 22 heavy (non-hydrogen) atoms. The topological polar surface area (TPSA) is 18.5 Å². The van der Waals surface area contributed by atoms with Crippen LogP contribution in [-0.2, 0) is 54.2 Å². The molecule has 0 aliphatic rings. The van der Waals surface area contributed by atoms with Gasteiger partial charge in [-0.2, -0.15) is 0 Å². The van der Waals surface area contributed by atoms with Gasteiger partial charge in [0.1, 0.15) is 0 Å². The summed E-state index contributed by atoms with van der Waals surface area (Å²) in [6.45, 7) is 10.2. The summed E-state index contributed by atoms with van der Waals surface area (Å²) in [5, 5.41) is 0. The molecule has 0 heterocycles. The Hall–Kier alpha value is 1.61. The third-order valence-electron chi connectivity index (χ3n) is 4.02. The summed E-state index contributed by atoms with van der Waals surface area (Å²) in [6.07, 6.45) is 9.60. The monoisotopic (exact) mass is 451 g/mol. The van der Waals surface area contributed by atoms with Gasteiger partial charge in [0.25, 0.3) is 0 Å². The maximum atomic E-state index is 5.80. The normalized spacial score (nSPS) is 16.6. The average Bonchev–Trinajstić information content (AvgIpc) is 2.47. The summed E-state index contributed by atoms with van der Waals surface area (Å²) in [5.74, 6) is 1.14. The van der Waals surface area contributed by atoms with Crippen molar-refractivity contribution in [1.29, 1.82) is 0 Å². The fraction of sp³-hybridized carbons (Fsp3) is 1.00. The molecule has 0 aliphatic carbocycles. The van der Waals surface area contributed by atoms with Gasteiger partial charge < -0.3 is 21.3 Å². The summed E-state index contributed by atoms with van der Waals surface area (Å²) in [7, 11) is 0. The molecule has 0 rings (SSSR count). The van der Waals surface area contributed by atoms with E-state index in [0.717, 1.165) is 12.8 Å². The molecule has 0 amide bonds. The van der Waals surface area contributed by atoms with Gasteiger partial charge in [0.2, 0.25) is 0 Å². The van der Waals surface area contributed by atoms with Crippen molar-refractivity contribution in [2.75, 3.05) is 13.2 Å². The SMILES string of the molecule is CCCCC(CC)COP(=S)([S-])OCC(CC)CCCC.[Mo+]. The maximum Gasteiger partial charge on any atom is 1.00 e. The zero-order valence-electron chi connectivity index (χ0n) is 14.7. The van der Waals surface area contributed by atoms with Crippen molar-refractivity contribution in [2.45, 2.75) is 79.1 Å². The second kappa shape index (κ2) is 16.1. The van der Waals surface area contributed by atoms with Gasteiger partial charge in [-0.25, -0.2) is 0 Å². The van der Waals surface area contributed by atoms with Crippen LogP contribution in [0.1, 0.15) is 79.1 Å². The Bertz CT molecular complexity index is 269. The molecule has 0 aromatic heterocycles. The van der Waals surface area contributed by atoms with Crippen molar-refractivity contribution < 1.29 is 30.1 Å². The Labute approximate surface area is 163 Å². The van der Waals surface area contributed by atoms with Crippen LogP contribution in [0.25, 0.3) is 0 Å². The van der Waals surface area contributed by atoms with Gasteiger partial charge in [0.15, 0.2) is 0 Å². The second-order valence-corrected chi connectivity index (χ2v) is 10.9. The van der Waals surface area contributed by atoms with Crippen molar-refractivity contribution in [1.82, 2.24) is 0 Å². The predicted octanol–water partition coefficient (Wildman–Crippen LogP) is 6.22. The molecule has 2 nitrogen and oxygen atoms in total. The molecular formula is C16H34MoO2PS2. The summed E-state index contributed by atoms with van der Waals surface area (Å²) in [4.78, 5) is 0. The van der Waals surface area contributed by atoms with E-state index < -0.39 is 5.69 Å². The summed E-state index contributed by atoms with van der Waals surface area (Å²) < 4.78 is 11.6. The van der Waals surface area contributed by atoms with E-state index in [4.69, 9.17) is 33.1 Å². The molecule has 0 fully saturated rings. The zero-order chi connectivity index (χ0) is 16.1. The van der Waals surface area contributed by atoms with Crippen LogP contribution in [0.4, 0.5) is 0 Å². The smallest absolute Gasteiger partial charge is 0.691 e. The third kappa shape index (κ3) is 14.0. The van der Waals surface area contributed by atoms with E-state index in [1.807, 2.05) is 0 Å². The first-order valence-electron chi connectivity index (χ1n) is 8.59. The van der Waals surface area contributed by atoms with Gasteiger partial charge >= 0.3 is 21.1 Å². The minimum absolute atomic E-state index is 0. The Kier molecular flexibility index (Phi) is 18.9. The molecule has 0 aromatic carbocycles. The molecule has 0 aromatic rings. The summed E-state index contributed by atoms with van der Waals surface area (Å²) in [5.41, 5.74) is -2.47. The van der Waals surface area contributed by atoms with E-state index in [1.165, 1.54) is 38.5 Å². The van der Waals surface area contributed by atoms with Crippen molar-refractivity contribution >= 4 is 29.7 Å². The fourth-order valence-electron chi connectivity index (χ4n) is 2.23. The molecule has 133 valence electrons. The number of rotatable bonds is 14. The van der Waals surface area contributed by atoms with Crippen LogP contribution < -0.4 is 0 Å². The molecule has 0 saturated heterocycles. The maximum absolute atomic E-state index is 5.80. The van der Waals surface area contributed by atoms with Gasteiger partial charge in [0, 0.05) is 0 Å². The first kappa shape index (κ1) is 25.8. The van der Waals surface area contributed by atoms with E-state index in [2.05, 4.69) is 27.7 Å². The third-order valence-corrected chi connectivity index (χ3v) is 6.22. The molecule has 2 unspecified atom stereocenters. The first-order chi connectivity index (χ1) is 9.99.